The van der Waals surface area contributed by atoms with E-state index in [4.69, 9.17) is 14.2 Å². The molecule has 0 saturated heterocycles. The van der Waals surface area contributed by atoms with E-state index >= 15 is 0 Å². The maximum absolute atomic E-state index is 12.9. The van der Waals surface area contributed by atoms with Gasteiger partial charge in [-0.25, -0.2) is 0 Å². The highest BCUT2D eigenvalue weighted by molar-refractivity contribution is 5.70. The molecule has 0 aromatic heterocycles. The molecule has 0 aromatic rings. The summed E-state index contributed by atoms with van der Waals surface area (Å²) in [4.78, 5) is 25.5. The number of ether oxygens (including phenoxy) is 3. The molecule has 5 nitrogen and oxygen atoms in total. The zero-order valence-electron chi connectivity index (χ0n) is 44.6. The molecule has 0 spiro atoms. The van der Waals surface area contributed by atoms with Crippen LogP contribution >= 0.6 is 0 Å². The number of allylic oxidation sites excluding steroid dienone is 18. The third-order valence-electron chi connectivity index (χ3n) is 11.8. The minimum atomic E-state index is -0.566. The minimum absolute atomic E-state index is 0.0607. The van der Waals surface area contributed by atoms with Crippen LogP contribution in [0.5, 0.6) is 0 Å². The summed E-state index contributed by atoms with van der Waals surface area (Å²) in [5, 5.41) is 0. The fourth-order valence-corrected chi connectivity index (χ4v) is 7.60. The molecule has 1 unspecified atom stereocenters. The van der Waals surface area contributed by atoms with Gasteiger partial charge in [0.25, 0.3) is 0 Å². The van der Waals surface area contributed by atoms with Crippen LogP contribution in [0.1, 0.15) is 252 Å². The Balaban J connectivity index is 4.37. The Morgan fingerprint density at radius 2 is 0.662 bits per heavy atom. The average molecular weight is 944 g/mol. The Kier molecular flexibility index (Phi) is 54.9. The second-order valence-corrected chi connectivity index (χ2v) is 18.4. The molecule has 0 aliphatic heterocycles. The number of carbonyl (C=O) groups excluding carboxylic acids is 2. The zero-order chi connectivity index (χ0) is 49.2. The highest BCUT2D eigenvalue weighted by Crippen LogP contribution is 2.14. The summed E-state index contributed by atoms with van der Waals surface area (Å²) in [6.07, 6.45) is 79.6. The van der Waals surface area contributed by atoms with E-state index in [0.29, 0.717) is 19.4 Å². The molecule has 0 amide bonds. The summed E-state index contributed by atoms with van der Waals surface area (Å²) in [5.41, 5.74) is 0. The third-order valence-corrected chi connectivity index (χ3v) is 11.8. The van der Waals surface area contributed by atoms with Gasteiger partial charge in [-0.2, -0.15) is 0 Å². The largest absolute Gasteiger partial charge is 0.462 e. The molecule has 0 fully saturated rings. The van der Waals surface area contributed by atoms with Crippen molar-refractivity contribution in [3.05, 3.63) is 109 Å². The van der Waals surface area contributed by atoms with E-state index in [1.165, 1.54) is 89.9 Å². The van der Waals surface area contributed by atoms with Crippen molar-refractivity contribution in [1.29, 1.82) is 0 Å². The molecular formula is C63H106O5. The molecule has 0 saturated carbocycles. The van der Waals surface area contributed by atoms with Crippen molar-refractivity contribution in [1.82, 2.24) is 0 Å². The van der Waals surface area contributed by atoms with Gasteiger partial charge >= 0.3 is 11.9 Å². The third kappa shape index (κ3) is 55.2. The predicted molar refractivity (Wildman–Crippen MR) is 297 cm³/mol. The number of carbonyl (C=O) groups is 2. The monoisotopic (exact) mass is 943 g/mol. The standard InChI is InChI=1S/C63H106O5/c1-4-7-10-13-16-19-22-25-28-30-31-32-34-37-40-43-46-49-52-55-58-66-59-61(68-63(65)57-54-51-48-45-42-39-35-27-24-21-18-15-12-9-6-3)60-67-62(64)56-53-50-47-44-41-38-36-33-29-26-23-20-17-14-11-8-5-2/h7-8,10-11,16-17,19-20,25-29,31-32,35,37,40,61H,4-6,9,12-15,18,21-24,30,33-34,36,38-39,41-60H2,1-3H3/b10-7-,11-8-,19-16-,20-17-,28-25-,29-26-,32-31-,35-27-,40-37-. The molecule has 388 valence electrons. The molecule has 68 heavy (non-hydrogen) atoms. The maximum atomic E-state index is 12.9. The zero-order valence-corrected chi connectivity index (χ0v) is 44.6. The van der Waals surface area contributed by atoms with Crippen molar-refractivity contribution in [2.24, 2.45) is 0 Å². The molecule has 0 N–H and O–H groups in total. The summed E-state index contributed by atoms with van der Waals surface area (Å²) >= 11 is 0. The molecule has 0 heterocycles. The first-order valence-corrected chi connectivity index (χ1v) is 28.4. The smallest absolute Gasteiger partial charge is 0.306 e. The fraction of sp³-hybridized carbons (Fsp3) is 0.683. The van der Waals surface area contributed by atoms with Crippen molar-refractivity contribution in [3.63, 3.8) is 0 Å². The Hall–Kier alpha value is -3.44. The van der Waals surface area contributed by atoms with Gasteiger partial charge in [-0.15, -0.1) is 0 Å². The van der Waals surface area contributed by atoms with E-state index in [2.05, 4.69) is 130 Å². The lowest BCUT2D eigenvalue weighted by atomic mass is 10.1. The van der Waals surface area contributed by atoms with Crippen molar-refractivity contribution in [2.45, 2.75) is 258 Å². The average Bonchev–Trinajstić information content (AvgIpc) is 3.34. The second kappa shape index (κ2) is 57.9. The molecule has 0 aliphatic carbocycles. The highest BCUT2D eigenvalue weighted by Gasteiger charge is 2.17. The van der Waals surface area contributed by atoms with Crippen LogP contribution in [0, 0.1) is 0 Å². The Labute approximate surface area is 421 Å². The summed E-state index contributed by atoms with van der Waals surface area (Å²) < 4.78 is 17.4. The predicted octanol–water partition coefficient (Wildman–Crippen LogP) is 19.6. The molecule has 0 rings (SSSR count). The van der Waals surface area contributed by atoms with Crippen LogP contribution in [-0.2, 0) is 23.8 Å². The van der Waals surface area contributed by atoms with E-state index in [0.717, 1.165) is 128 Å². The molecular weight excluding hydrogens is 837 g/mol. The molecule has 1 atom stereocenters. The second-order valence-electron chi connectivity index (χ2n) is 18.4. The first-order chi connectivity index (χ1) is 33.6. The van der Waals surface area contributed by atoms with E-state index in [9.17, 15) is 9.59 Å². The summed E-state index contributed by atoms with van der Waals surface area (Å²) in [6, 6.07) is 0. The lowest BCUT2D eigenvalue weighted by molar-refractivity contribution is -0.163. The molecule has 0 aromatic carbocycles. The lowest BCUT2D eigenvalue weighted by Gasteiger charge is -2.18. The van der Waals surface area contributed by atoms with Gasteiger partial charge in [0.15, 0.2) is 6.10 Å². The Bertz CT molecular complexity index is 1340. The van der Waals surface area contributed by atoms with Crippen LogP contribution in [0.3, 0.4) is 0 Å². The van der Waals surface area contributed by atoms with Crippen molar-refractivity contribution >= 4 is 11.9 Å². The number of rotatable bonds is 51. The van der Waals surface area contributed by atoms with Crippen LogP contribution in [-0.4, -0.2) is 37.9 Å². The van der Waals surface area contributed by atoms with Crippen LogP contribution < -0.4 is 0 Å². The first-order valence-electron chi connectivity index (χ1n) is 28.4. The van der Waals surface area contributed by atoms with Gasteiger partial charge in [-0.1, -0.05) is 226 Å². The quantitative estimate of drug-likeness (QED) is 0.0345. The normalized spacial score (nSPS) is 13.0. The van der Waals surface area contributed by atoms with Gasteiger partial charge in [0, 0.05) is 19.4 Å². The van der Waals surface area contributed by atoms with Crippen molar-refractivity contribution in [3.8, 4) is 0 Å². The fourth-order valence-electron chi connectivity index (χ4n) is 7.60. The van der Waals surface area contributed by atoms with Crippen LogP contribution in [0.15, 0.2) is 109 Å². The van der Waals surface area contributed by atoms with Gasteiger partial charge in [-0.05, 0) is 122 Å². The topological polar surface area (TPSA) is 61.8 Å². The summed E-state index contributed by atoms with van der Waals surface area (Å²) in [6.45, 7) is 7.53. The summed E-state index contributed by atoms with van der Waals surface area (Å²) in [7, 11) is 0. The van der Waals surface area contributed by atoms with Gasteiger partial charge in [0.2, 0.25) is 0 Å². The molecule has 5 heteroatoms. The van der Waals surface area contributed by atoms with Crippen molar-refractivity contribution < 1.29 is 23.8 Å². The Morgan fingerprint density at radius 1 is 0.338 bits per heavy atom. The number of esters is 2. The van der Waals surface area contributed by atoms with E-state index in [1.807, 2.05) is 0 Å². The number of hydrogen-bond donors (Lipinski definition) is 0. The van der Waals surface area contributed by atoms with Crippen LogP contribution in [0.4, 0.5) is 0 Å². The molecule has 0 radical (unpaired) electrons. The van der Waals surface area contributed by atoms with Gasteiger partial charge in [0.1, 0.15) is 6.61 Å². The Morgan fingerprint density at radius 3 is 1.07 bits per heavy atom. The van der Waals surface area contributed by atoms with Gasteiger partial charge in [-0.3, -0.25) is 9.59 Å². The SMILES string of the molecule is CC/C=C\C/C=C\C/C=C\C/C=C\C/C=C\CCCCCCOCC(COC(=O)CCCCCCCCC/C=C\C/C=C\C/C=C\CC)OC(=O)CCCCCCC/C=C\CCCCCCCC. The molecule has 0 aliphatic rings. The number of hydrogen-bond acceptors (Lipinski definition) is 5. The van der Waals surface area contributed by atoms with Crippen LogP contribution in [0.25, 0.3) is 0 Å². The van der Waals surface area contributed by atoms with Gasteiger partial charge < -0.3 is 14.2 Å². The van der Waals surface area contributed by atoms with E-state index in [-0.39, 0.29) is 25.2 Å². The van der Waals surface area contributed by atoms with Gasteiger partial charge in [0.05, 0.1) is 6.61 Å². The minimum Gasteiger partial charge on any atom is -0.462 e. The maximum Gasteiger partial charge on any atom is 0.306 e. The van der Waals surface area contributed by atoms with E-state index < -0.39 is 6.10 Å². The van der Waals surface area contributed by atoms with Crippen LogP contribution in [0.2, 0.25) is 0 Å². The highest BCUT2D eigenvalue weighted by atomic mass is 16.6. The summed E-state index contributed by atoms with van der Waals surface area (Å²) in [5.74, 6) is -0.434. The lowest BCUT2D eigenvalue weighted by Crippen LogP contribution is -2.30. The van der Waals surface area contributed by atoms with E-state index in [1.54, 1.807) is 0 Å². The first kappa shape index (κ1) is 64.6. The van der Waals surface area contributed by atoms with Crippen molar-refractivity contribution in [2.75, 3.05) is 19.8 Å². The molecule has 0 bridgehead atoms. The number of unbranched alkanes of at least 4 members (excludes halogenated alkanes) is 22.